The fourth-order valence-electron chi connectivity index (χ4n) is 2.21. The van der Waals surface area contributed by atoms with E-state index in [1.54, 1.807) is 6.07 Å². The lowest BCUT2D eigenvalue weighted by atomic mass is 10.2. The molecule has 0 aliphatic rings. The molecule has 10 heteroatoms. The highest BCUT2D eigenvalue weighted by atomic mass is 35.5. The number of non-ortho nitro benzene ring substituents is 1. The van der Waals surface area contributed by atoms with Crippen LogP contribution in [0.3, 0.4) is 0 Å². The van der Waals surface area contributed by atoms with Gasteiger partial charge in [-0.05, 0) is 18.6 Å². The van der Waals surface area contributed by atoms with E-state index in [0.717, 1.165) is 12.8 Å². The van der Waals surface area contributed by atoms with Crippen molar-refractivity contribution >= 4 is 45.9 Å². The molecule has 2 rings (SSSR count). The second kappa shape index (κ2) is 9.65. The van der Waals surface area contributed by atoms with Crippen LogP contribution in [0.5, 0.6) is 5.75 Å². The number of benzene rings is 2. The molecule has 0 radical (unpaired) electrons. The standard InChI is InChI=1S/C18H20ClN5O4/c1-3-4-7-28-18-10-17(16(9-14(18)20)21-11(2)25)23-22-15-6-5-12(24(26)27)8-13(15)19/h5-6,8-10H,3-4,7,20H2,1-2H3,(H,21,25). The number of unbranched alkanes of at least 4 members (excludes halogenated alkanes) is 1. The molecule has 9 nitrogen and oxygen atoms in total. The predicted octanol–water partition coefficient (Wildman–Crippen LogP) is 5.38. The number of rotatable bonds is 8. The van der Waals surface area contributed by atoms with Crippen LogP contribution in [0.25, 0.3) is 0 Å². The van der Waals surface area contributed by atoms with E-state index in [9.17, 15) is 14.9 Å². The van der Waals surface area contributed by atoms with E-state index in [-0.39, 0.29) is 22.3 Å². The largest absolute Gasteiger partial charge is 0.491 e. The minimum Gasteiger partial charge on any atom is -0.491 e. The van der Waals surface area contributed by atoms with E-state index in [1.807, 2.05) is 6.92 Å². The molecule has 1 amide bonds. The summed E-state index contributed by atoms with van der Waals surface area (Å²) in [5.41, 5.74) is 7.10. The van der Waals surface area contributed by atoms with Gasteiger partial charge in [0, 0.05) is 25.1 Å². The molecule has 0 spiro atoms. The van der Waals surface area contributed by atoms with Crippen molar-refractivity contribution in [2.24, 2.45) is 10.2 Å². The third-order valence-electron chi connectivity index (χ3n) is 3.60. The molecule has 2 aromatic carbocycles. The lowest BCUT2D eigenvalue weighted by molar-refractivity contribution is -0.384. The fraction of sp³-hybridized carbons (Fsp3) is 0.278. The Morgan fingerprint density at radius 2 is 2.00 bits per heavy atom. The number of azo groups is 1. The molecule has 0 aromatic heterocycles. The van der Waals surface area contributed by atoms with Gasteiger partial charge in [-0.15, -0.1) is 10.2 Å². The van der Waals surface area contributed by atoms with Gasteiger partial charge in [-0.2, -0.15) is 0 Å². The number of ether oxygens (including phenoxy) is 1. The quantitative estimate of drug-likeness (QED) is 0.200. The van der Waals surface area contributed by atoms with Gasteiger partial charge in [0.1, 0.15) is 17.1 Å². The molecule has 0 saturated heterocycles. The normalized spacial score (nSPS) is 10.8. The van der Waals surface area contributed by atoms with Crippen LogP contribution >= 0.6 is 11.6 Å². The highest BCUT2D eigenvalue weighted by Crippen LogP contribution is 2.37. The van der Waals surface area contributed by atoms with Crippen LogP contribution in [-0.2, 0) is 4.79 Å². The van der Waals surface area contributed by atoms with Crippen LogP contribution in [-0.4, -0.2) is 17.4 Å². The Kier molecular flexibility index (Phi) is 7.28. The number of anilines is 2. The summed E-state index contributed by atoms with van der Waals surface area (Å²) in [7, 11) is 0. The number of carbonyl (C=O) groups excluding carboxylic acids is 1. The van der Waals surface area contributed by atoms with E-state index >= 15 is 0 Å². The van der Waals surface area contributed by atoms with Crippen molar-refractivity contribution in [3.63, 3.8) is 0 Å². The number of halogens is 1. The topological polar surface area (TPSA) is 132 Å². The molecule has 0 atom stereocenters. The SMILES string of the molecule is CCCCOc1cc(N=Nc2ccc([N+](=O)[O-])cc2Cl)c(NC(C)=O)cc1N. The summed E-state index contributed by atoms with van der Waals surface area (Å²) in [6, 6.07) is 6.95. The van der Waals surface area contributed by atoms with Crippen LogP contribution < -0.4 is 15.8 Å². The van der Waals surface area contributed by atoms with Gasteiger partial charge in [0.15, 0.2) is 0 Å². The number of nitro benzene ring substituents is 1. The molecule has 2 aromatic rings. The van der Waals surface area contributed by atoms with Gasteiger partial charge in [-0.25, -0.2) is 0 Å². The summed E-state index contributed by atoms with van der Waals surface area (Å²) in [6.45, 7) is 3.89. The minimum absolute atomic E-state index is 0.0777. The zero-order valence-electron chi connectivity index (χ0n) is 15.4. The van der Waals surface area contributed by atoms with E-state index in [4.69, 9.17) is 22.1 Å². The van der Waals surface area contributed by atoms with Crippen molar-refractivity contribution in [3.05, 3.63) is 45.5 Å². The smallest absolute Gasteiger partial charge is 0.271 e. The molecule has 0 saturated carbocycles. The van der Waals surface area contributed by atoms with Crippen molar-refractivity contribution in [3.8, 4) is 5.75 Å². The second-order valence-electron chi connectivity index (χ2n) is 5.88. The number of amides is 1. The molecule has 0 aliphatic carbocycles. The Morgan fingerprint density at radius 3 is 2.61 bits per heavy atom. The van der Waals surface area contributed by atoms with Crippen molar-refractivity contribution in [1.29, 1.82) is 0 Å². The summed E-state index contributed by atoms with van der Waals surface area (Å²) in [5, 5.41) is 21.7. The summed E-state index contributed by atoms with van der Waals surface area (Å²) in [6.07, 6.45) is 1.83. The van der Waals surface area contributed by atoms with E-state index < -0.39 is 4.92 Å². The van der Waals surface area contributed by atoms with Gasteiger partial charge in [0.05, 0.1) is 27.9 Å². The van der Waals surface area contributed by atoms with Crippen molar-refractivity contribution in [2.75, 3.05) is 17.7 Å². The number of nitrogen functional groups attached to an aromatic ring is 1. The Morgan fingerprint density at radius 1 is 1.29 bits per heavy atom. The summed E-state index contributed by atoms with van der Waals surface area (Å²) >= 11 is 6.03. The first-order valence-electron chi connectivity index (χ1n) is 8.51. The number of nitrogens with two attached hydrogens (primary N) is 1. The first-order valence-corrected chi connectivity index (χ1v) is 8.89. The Hall–Kier alpha value is -3.20. The number of hydrogen-bond acceptors (Lipinski definition) is 7. The maximum absolute atomic E-state index is 11.5. The molecule has 0 unspecified atom stereocenters. The van der Waals surface area contributed by atoms with Crippen LogP contribution in [0.4, 0.5) is 28.4 Å². The summed E-state index contributed by atoms with van der Waals surface area (Å²) in [5.74, 6) is 0.121. The van der Waals surface area contributed by atoms with Gasteiger partial charge < -0.3 is 15.8 Å². The third-order valence-corrected chi connectivity index (χ3v) is 3.90. The average Bonchev–Trinajstić information content (AvgIpc) is 2.62. The monoisotopic (exact) mass is 405 g/mol. The lowest BCUT2D eigenvalue weighted by Crippen LogP contribution is -2.07. The van der Waals surface area contributed by atoms with E-state index in [0.29, 0.717) is 29.4 Å². The highest BCUT2D eigenvalue weighted by molar-refractivity contribution is 6.33. The molecule has 0 heterocycles. The predicted molar refractivity (Wildman–Crippen MR) is 108 cm³/mol. The zero-order valence-corrected chi connectivity index (χ0v) is 16.2. The summed E-state index contributed by atoms with van der Waals surface area (Å²) in [4.78, 5) is 21.7. The molecule has 28 heavy (non-hydrogen) atoms. The molecule has 148 valence electrons. The Labute approximate surface area is 166 Å². The van der Waals surface area contributed by atoms with Crippen LogP contribution in [0.15, 0.2) is 40.6 Å². The van der Waals surface area contributed by atoms with Crippen LogP contribution in [0.2, 0.25) is 5.02 Å². The van der Waals surface area contributed by atoms with Crippen molar-refractivity contribution in [2.45, 2.75) is 26.7 Å². The molecule has 0 bridgehead atoms. The van der Waals surface area contributed by atoms with Crippen LogP contribution in [0, 0.1) is 10.1 Å². The van der Waals surface area contributed by atoms with E-state index in [1.165, 1.54) is 31.2 Å². The average molecular weight is 406 g/mol. The Bertz CT molecular complexity index is 917. The minimum atomic E-state index is -0.554. The molecular formula is C18H20ClN5O4. The number of hydrogen-bond donors (Lipinski definition) is 2. The zero-order chi connectivity index (χ0) is 20.7. The third kappa shape index (κ3) is 5.65. The molecule has 3 N–H and O–H groups in total. The highest BCUT2D eigenvalue weighted by Gasteiger charge is 2.12. The first kappa shape index (κ1) is 21.1. The fourth-order valence-corrected chi connectivity index (χ4v) is 2.42. The van der Waals surface area contributed by atoms with Crippen LogP contribution in [0.1, 0.15) is 26.7 Å². The second-order valence-corrected chi connectivity index (χ2v) is 6.29. The number of nitro groups is 1. The number of nitrogens with zero attached hydrogens (tertiary/aromatic N) is 3. The van der Waals surface area contributed by atoms with Gasteiger partial charge >= 0.3 is 0 Å². The maximum Gasteiger partial charge on any atom is 0.271 e. The lowest BCUT2D eigenvalue weighted by Gasteiger charge is -2.12. The molecule has 0 fully saturated rings. The van der Waals surface area contributed by atoms with Crippen molar-refractivity contribution < 1.29 is 14.5 Å². The number of nitrogens with one attached hydrogen (secondary N) is 1. The van der Waals surface area contributed by atoms with Crippen molar-refractivity contribution in [1.82, 2.24) is 0 Å². The molecule has 0 aliphatic heterocycles. The summed E-state index contributed by atoms with van der Waals surface area (Å²) < 4.78 is 5.66. The first-order chi connectivity index (χ1) is 13.3. The van der Waals surface area contributed by atoms with Gasteiger partial charge in [0.25, 0.3) is 5.69 Å². The van der Waals surface area contributed by atoms with Gasteiger partial charge in [-0.3, -0.25) is 14.9 Å². The molecular weight excluding hydrogens is 386 g/mol. The van der Waals surface area contributed by atoms with Gasteiger partial charge in [0.2, 0.25) is 5.91 Å². The number of carbonyl (C=O) groups is 1. The van der Waals surface area contributed by atoms with Gasteiger partial charge in [-0.1, -0.05) is 24.9 Å². The van der Waals surface area contributed by atoms with E-state index in [2.05, 4.69) is 15.5 Å². The maximum atomic E-state index is 11.5. The Balaban J connectivity index is 2.37.